The van der Waals surface area contributed by atoms with Gasteiger partial charge in [-0.1, -0.05) is 13.8 Å². The molecule has 0 atom stereocenters. The minimum atomic E-state index is 0.882. The third-order valence-electron chi connectivity index (χ3n) is 3.57. The number of aromatic nitrogens is 2. The van der Waals surface area contributed by atoms with E-state index in [0.29, 0.717) is 0 Å². The molecule has 1 aliphatic rings. The van der Waals surface area contributed by atoms with Crippen molar-refractivity contribution in [1.29, 1.82) is 0 Å². The van der Waals surface area contributed by atoms with Crippen molar-refractivity contribution in [2.75, 3.05) is 29.9 Å². The van der Waals surface area contributed by atoms with Gasteiger partial charge in [0.05, 0.1) is 0 Å². The van der Waals surface area contributed by atoms with Gasteiger partial charge in [-0.05, 0) is 38.5 Å². The fourth-order valence-electron chi connectivity index (χ4n) is 2.35. The van der Waals surface area contributed by atoms with E-state index < -0.39 is 0 Å². The second-order valence-corrected chi connectivity index (χ2v) is 5.49. The second-order valence-electron chi connectivity index (χ2n) is 5.49. The van der Waals surface area contributed by atoms with Crippen LogP contribution in [-0.4, -0.2) is 29.6 Å². The lowest BCUT2D eigenvalue weighted by atomic mass is 10.2. The Morgan fingerprint density at radius 3 is 2.68 bits per heavy atom. The molecule has 0 saturated heterocycles. The molecule has 1 heterocycles. The van der Waals surface area contributed by atoms with Gasteiger partial charge in [-0.2, -0.15) is 0 Å². The summed E-state index contributed by atoms with van der Waals surface area (Å²) in [4.78, 5) is 11.3. The van der Waals surface area contributed by atoms with E-state index in [-0.39, 0.29) is 0 Å². The summed E-state index contributed by atoms with van der Waals surface area (Å²) in [5, 5.41) is 3.39. The highest BCUT2D eigenvalue weighted by Gasteiger charge is 2.25. The fourth-order valence-corrected chi connectivity index (χ4v) is 2.35. The molecule has 1 aromatic heterocycles. The summed E-state index contributed by atoms with van der Waals surface area (Å²) in [5.41, 5.74) is 1.19. The molecule has 4 heteroatoms. The van der Waals surface area contributed by atoms with Gasteiger partial charge in [-0.15, -0.1) is 0 Å². The van der Waals surface area contributed by atoms with Crippen molar-refractivity contribution >= 4 is 11.6 Å². The first-order valence-corrected chi connectivity index (χ1v) is 7.56. The van der Waals surface area contributed by atoms with Crippen molar-refractivity contribution in [1.82, 2.24) is 9.97 Å². The van der Waals surface area contributed by atoms with E-state index in [0.717, 1.165) is 50.0 Å². The maximum Gasteiger partial charge on any atom is 0.137 e. The highest BCUT2D eigenvalue weighted by molar-refractivity contribution is 5.58. The van der Waals surface area contributed by atoms with Crippen molar-refractivity contribution in [3.8, 4) is 0 Å². The summed E-state index contributed by atoms with van der Waals surface area (Å²) in [6, 6.07) is 0. The molecular formula is C15H26N4. The van der Waals surface area contributed by atoms with Crippen LogP contribution in [0.25, 0.3) is 0 Å². The van der Waals surface area contributed by atoms with Crippen LogP contribution in [0, 0.1) is 12.8 Å². The average molecular weight is 262 g/mol. The number of nitrogens with one attached hydrogen (secondary N) is 1. The first-order chi connectivity index (χ1) is 9.26. The van der Waals surface area contributed by atoms with Crippen molar-refractivity contribution in [3.05, 3.63) is 11.9 Å². The van der Waals surface area contributed by atoms with E-state index in [1.807, 2.05) is 0 Å². The lowest BCUT2D eigenvalue weighted by Gasteiger charge is -2.25. The predicted molar refractivity (Wildman–Crippen MR) is 80.8 cm³/mol. The van der Waals surface area contributed by atoms with Crippen molar-refractivity contribution in [2.45, 2.75) is 46.5 Å². The number of rotatable bonds is 8. The molecule has 1 fully saturated rings. The lowest BCUT2D eigenvalue weighted by Crippen LogP contribution is -2.28. The van der Waals surface area contributed by atoms with E-state index in [2.05, 4.69) is 41.0 Å². The Hall–Kier alpha value is -1.32. The van der Waals surface area contributed by atoms with Crippen LogP contribution in [0.1, 0.15) is 45.1 Å². The summed E-state index contributed by atoms with van der Waals surface area (Å²) in [5.74, 6) is 2.99. The van der Waals surface area contributed by atoms with E-state index >= 15 is 0 Å². The quantitative estimate of drug-likeness (QED) is 0.781. The van der Waals surface area contributed by atoms with Crippen LogP contribution in [0.4, 0.5) is 11.6 Å². The summed E-state index contributed by atoms with van der Waals surface area (Å²) < 4.78 is 0. The fraction of sp³-hybridized carbons (Fsp3) is 0.733. The second kappa shape index (κ2) is 6.73. The maximum atomic E-state index is 4.52. The SMILES string of the molecule is CCCNc1ncnc(N(CCC)CC2CC2)c1C. The lowest BCUT2D eigenvalue weighted by molar-refractivity contribution is 0.695. The van der Waals surface area contributed by atoms with Gasteiger partial charge < -0.3 is 10.2 Å². The van der Waals surface area contributed by atoms with Gasteiger partial charge in [0.15, 0.2) is 0 Å². The molecule has 0 bridgehead atoms. The number of hydrogen-bond acceptors (Lipinski definition) is 4. The van der Waals surface area contributed by atoms with Crippen molar-refractivity contribution in [2.24, 2.45) is 5.92 Å². The van der Waals surface area contributed by atoms with Crippen LogP contribution >= 0.6 is 0 Å². The van der Waals surface area contributed by atoms with E-state index in [4.69, 9.17) is 0 Å². The van der Waals surface area contributed by atoms with E-state index in [9.17, 15) is 0 Å². The largest absolute Gasteiger partial charge is 0.370 e. The molecule has 1 aliphatic carbocycles. The molecule has 0 amide bonds. The zero-order chi connectivity index (χ0) is 13.7. The Morgan fingerprint density at radius 1 is 1.26 bits per heavy atom. The van der Waals surface area contributed by atoms with Crippen LogP contribution in [-0.2, 0) is 0 Å². The van der Waals surface area contributed by atoms with Gasteiger partial charge in [0.25, 0.3) is 0 Å². The maximum absolute atomic E-state index is 4.52. The molecule has 1 N–H and O–H groups in total. The Morgan fingerprint density at radius 2 is 2.05 bits per heavy atom. The Kier molecular flexibility index (Phi) is 5.00. The molecule has 1 aromatic rings. The molecule has 0 aliphatic heterocycles. The monoisotopic (exact) mass is 262 g/mol. The molecule has 106 valence electrons. The van der Waals surface area contributed by atoms with Gasteiger partial charge >= 0.3 is 0 Å². The first kappa shape index (κ1) is 14.1. The van der Waals surface area contributed by atoms with Crippen LogP contribution in [0.3, 0.4) is 0 Å². The number of hydrogen-bond donors (Lipinski definition) is 1. The summed E-state index contributed by atoms with van der Waals surface area (Å²) >= 11 is 0. The topological polar surface area (TPSA) is 41.1 Å². The number of nitrogens with zero attached hydrogens (tertiary/aromatic N) is 3. The predicted octanol–water partition coefficient (Wildman–Crippen LogP) is 3.23. The molecule has 19 heavy (non-hydrogen) atoms. The Balaban J connectivity index is 2.14. The van der Waals surface area contributed by atoms with E-state index in [1.54, 1.807) is 6.33 Å². The van der Waals surface area contributed by atoms with Crippen LogP contribution in [0.2, 0.25) is 0 Å². The number of anilines is 2. The zero-order valence-electron chi connectivity index (χ0n) is 12.4. The van der Waals surface area contributed by atoms with Gasteiger partial charge in [-0.3, -0.25) is 0 Å². The van der Waals surface area contributed by atoms with Crippen molar-refractivity contribution < 1.29 is 0 Å². The minimum absolute atomic E-state index is 0.882. The van der Waals surface area contributed by atoms with Gasteiger partial charge in [0.2, 0.25) is 0 Å². The molecule has 1 saturated carbocycles. The smallest absolute Gasteiger partial charge is 0.137 e. The third-order valence-corrected chi connectivity index (χ3v) is 3.57. The average Bonchev–Trinajstić information content (AvgIpc) is 3.21. The summed E-state index contributed by atoms with van der Waals surface area (Å²) in [7, 11) is 0. The summed E-state index contributed by atoms with van der Waals surface area (Å²) in [6.45, 7) is 9.73. The van der Waals surface area contributed by atoms with E-state index in [1.165, 1.54) is 18.4 Å². The Labute approximate surface area is 116 Å². The van der Waals surface area contributed by atoms with Crippen LogP contribution in [0.15, 0.2) is 6.33 Å². The van der Waals surface area contributed by atoms with Gasteiger partial charge in [0.1, 0.15) is 18.0 Å². The van der Waals surface area contributed by atoms with Gasteiger partial charge in [-0.25, -0.2) is 9.97 Å². The molecule has 0 spiro atoms. The highest BCUT2D eigenvalue weighted by Crippen LogP contribution is 2.32. The van der Waals surface area contributed by atoms with Crippen LogP contribution < -0.4 is 10.2 Å². The van der Waals surface area contributed by atoms with Crippen LogP contribution in [0.5, 0.6) is 0 Å². The Bertz CT molecular complexity index is 401. The molecular weight excluding hydrogens is 236 g/mol. The normalized spacial score (nSPS) is 14.5. The molecule has 2 rings (SSSR count). The first-order valence-electron chi connectivity index (χ1n) is 7.56. The molecule has 0 radical (unpaired) electrons. The molecule has 0 unspecified atom stereocenters. The van der Waals surface area contributed by atoms with Crippen molar-refractivity contribution in [3.63, 3.8) is 0 Å². The van der Waals surface area contributed by atoms with Gasteiger partial charge in [0, 0.05) is 25.2 Å². The zero-order valence-corrected chi connectivity index (χ0v) is 12.4. The summed E-state index contributed by atoms with van der Waals surface area (Å²) in [6.07, 6.45) is 6.72. The minimum Gasteiger partial charge on any atom is -0.370 e. The molecule has 4 nitrogen and oxygen atoms in total. The molecule has 0 aromatic carbocycles. The highest BCUT2D eigenvalue weighted by atomic mass is 15.2. The standard InChI is InChI=1S/C15H26N4/c1-4-8-16-14-12(3)15(18-11-17-14)19(9-5-2)10-13-6-7-13/h11,13H,4-10H2,1-3H3,(H,16,17,18). The third kappa shape index (κ3) is 3.82.